The number of carbonyl (C=O) groups excluding carboxylic acids is 1. The van der Waals surface area contributed by atoms with Gasteiger partial charge in [0.15, 0.2) is 0 Å². The second kappa shape index (κ2) is 5.69. The van der Waals surface area contributed by atoms with Crippen LogP contribution in [-0.2, 0) is 16.1 Å². The number of nitrogens with one attached hydrogen (secondary N) is 1. The summed E-state index contributed by atoms with van der Waals surface area (Å²) in [5.74, 6) is -1.34. The second-order valence-corrected chi connectivity index (χ2v) is 6.29. The van der Waals surface area contributed by atoms with Crippen molar-refractivity contribution in [3.8, 4) is 0 Å². The molecular formula is C13H18N2O3S. The highest BCUT2D eigenvalue weighted by Gasteiger charge is 2.33. The van der Waals surface area contributed by atoms with Gasteiger partial charge in [0.2, 0.25) is 5.91 Å². The topological polar surface area (TPSA) is 79.3 Å². The van der Waals surface area contributed by atoms with Crippen molar-refractivity contribution in [2.45, 2.75) is 39.7 Å². The van der Waals surface area contributed by atoms with E-state index in [-0.39, 0.29) is 17.7 Å². The van der Waals surface area contributed by atoms with E-state index in [0.29, 0.717) is 25.8 Å². The summed E-state index contributed by atoms with van der Waals surface area (Å²) >= 11 is 1.58. The maximum atomic E-state index is 12.0. The molecule has 2 rings (SSSR count). The third-order valence-corrected chi connectivity index (χ3v) is 4.65. The van der Waals surface area contributed by atoms with E-state index in [4.69, 9.17) is 5.11 Å². The number of carbonyl (C=O) groups is 2. The molecular weight excluding hydrogens is 264 g/mol. The average molecular weight is 282 g/mol. The fourth-order valence-corrected chi connectivity index (χ4v) is 3.37. The number of carboxylic acid groups (broad SMARTS) is 1. The molecule has 5 nitrogen and oxygen atoms in total. The van der Waals surface area contributed by atoms with Crippen molar-refractivity contribution in [3.63, 3.8) is 0 Å². The summed E-state index contributed by atoms with van der Waals surface area (Å²) in [5, 5.41) is 12.8. The molecule has 1 heterocycles. The predicted molar refractivity (Wildman–Crippen MR) is 71.9 cm³/mol. The lowest BCUT2D eigenvalue weighted by atomic mass is 10.0. The molecule has 104 valence electrons. The number of carboxylic acids is 1. The van der Waals surface area contributed by atoms with Crippen molar-refractivity contribution in [1.82, 2.24) is 10.3 Å². The lowest BCUT2D eigenvalue weighted by molar-refractivity contribution is -0.141. The van der Waals surface area contributed by atoms with E-state index >= 15 is 0 Å². The zero-order valence-electron chi connectivity index (χ0n) is 11.1. The van der Waals surface area contributed by atoms with Gasteiger partial charge in [0.1, 0.15) is 0 Å². The summed E-state index contributed by atoms with van der Waals surface area (Å²) in [6.07, 6.45) is 1.73. The molecule has 1 aromatic rings. The van der Waals surface area contributed by atoms with Crippen LogP contribution in [0.25, 0.3) is 0 Å². The lowest BCUT2D eigenvalue weighted by Gasteiger charge is -2.10. The van der Waals surface area contributed by atoms with E-state index < -0.39 is 5.97 Å². The molecule has 0 radical (unpaired) electrons. The highest BCUT2D eigenvalue weighted by molar-refractivity contribution is 7.11. The molecule has 0 aromatic carbocycles. The average Bonchev–Trinajstić information content (AvgIpc) is 2.93. The number of hydrogen-bond donors (Lipinski definition) is 2. The van der Waals surface area contributed by atoms with Crippen LogP contribution in [0.1, 0.15) is 34.8 Å². The first-order valence-electron chi connectivity index (χ1n) is 6.40. The molecule has 1 amide bonds. The maximum absolute atomic E-state index is 12.0. The van der Waals surface area contributed by atoms with E-state index in [9.17, 15) is 9.59 Å². The van der Waals surface area contributed by atoms with Crippen LogP contribution >= 0.6 is 11.3 Å². The van der Waals surface area contributed by atoms with E-state index in [1.165, 1.54) is 0 Å². The van der Waals surface area contributed by atoms with Crippen molar-refractivity contribution < 1.29 is 14.7 Å². The molecule has 0 saturated heterocycles. The van der Waals surface area contributed by atoms with Gasteiger partial charge in [-0.15, -0.1) is 11.3 Å². The number of hydrogen-bond acceptors (Lipinski definition) is 4. The number of amides is 1. The summed E-state index contributed by atoms with van der Waals surface area (Å²) < 4.78 is 0. The van der Waals surface area contributed by atoms with Gasteiger partial charge in [-0.2, -0.15) is 0 Å². The number of aromatic nitrogens is 1. The Kier molecular flexibility index (Phi) is 4.19. The van der Waals surface area contributed by atoms with Gasteiger partial charge in [-0.3, -0.25) is 9.59 Å². The van der Waals surface area contributed by atoms with Gasteiger partial charge in [0.05, 0.1) is 23.2 Å². The molecule has 0 unspecified atom stereocenters. The summed E-state index contributed by atoms with van der Waals surface area (Å²) in [6, 6.07) is 0. The Hall–Kier alpha value is -1.43. The van der Waals surface area contributed by atoms with Crippen LogP contribution in [0.2, 0.25) is 0 Å². The molecule has 6 heteroatoms. The SMILES string of the molecule is Cc1nc(C)c(CNC(=O)[C@@H]2CC[C@H](C(=O)O)C2)s1. The van der Waals surface area contributed by atoms with Crippen LogP contribution in [-0.4, -0.2) is 22.0 Å². The van der Waals surface area contributed by atoms with Crippen molar-refractivity contribution in [2.24, 2.45) is 11.8 Å². The Morgan fingerprint density at radius 2 is 2.05 bits per heavy atom. The smallest absolute Gasteiger partial charge is 0.306 e. The Morgan fingerprint density at radius 3 is 2.58 bits per heavy atom. The molecule has 2 atom stereocenters. The fourth-order valence-electron chi connectivity index (χ4n) is 2.49. The highest BCUT2D eigenvalue weighted by Crippen LogP contribution is 2.31. The molecule has 0 spiro atoms. The molecule has 19 heavy (non-hydrogen) atoms. The van der Waals surface area contributed by atoms with Crippen LogP contribution in [0, 0.1) is 25.7 Å². The van der Waals surface area contributed by atoms with E-state index in [1.54, 1.807) is 11.3 Å². The molecule has 1 aliphatic carbocycles. The first-order valence-corrected chi connectivity index (χ1v) is 7.22. The van der Waals surface area contributed by atoms with Crippen LogP contribution in [0.4, 0.5) is 0 Å². The number of thiazole rings is 1. The van der Waals surface area contributed by atoms with Crippen molar-refractivity contribution in [2.75, 3.05) is 0 Å². The number of rotatable bonds is 4. The lowest BCUT2D eigenvalue weighted by Crippen LogP contribution is -2.29. The van der Waals surface area contributed by atoms with Crippen molar-refractivity contribution >= 4 is 23.2 Å². The highest BCUT2D eigenvalue weighted by atomic mass is 32.1. The minimum atomic E-state index is -0.788. The van der Waals surface area contributed by atoms with Gasteiger partial charge in [-0.05, 0) is 33.1 Å². The van der Waals surface area contributed by atoms with E-state index in [1.807, 2.05) is 13.8 Å². The zero-order chi connectivity index (χ0) is 14.0. The van der Waals surface area contributed by atoms with Crippen LogP contribution in [0.3, 0.4) is 0 Å². The van der Waals surface area contributed by atoms with Gasteiger partial charge in [-0.1, -0.05) is 0 Å². The molecule has 1 aromatic heterocycles. The molecule has 2 N–H and O–H groups in total. The molecule has 1 fully saturated rings. The number of aliphatic carboxylic acids is 1. The molecule has 1 saturated carbocycles. The summed E-state index contributed by atoms with van der Waals surface area (Å²) in [4.78, 5) is 28.2. The third kappa shape index (κ3) is 3.32. The van der Waals surface area contributed by atoms with Gasteiger partial charge >= 0.3 is 5.97 Å². The van der Waals surface area contributed by atoms with E-state index in [0.717, 1.165) is 15.6 Å². The van der Waals surface area contributed by atoms with Gasteiger partial charge in [0, 0.05) is 10.8 Å². The first kappa shape index (κ1) is 14.0. The second-order valence-electron chi connectivity index (χ2n) is 5.00. The summed E-state index contributed by atoms with van der Waals surface area (Å²) in [5.41, 5.74) is 0.956. The normalized spacial score (nSPS) is 22.4. The minimum absolute atomic E-state index is 0.0331. The van der Waals surface area contributed by atoms with Crippen LogP contribution < -0.4 is 5.32 Å². The van der Waals surface area contributed by atoms with Crippen molar-refractivity contribution in [3.05, 3.63) is 15.6 Å². The quantitative estimate of drug-likeness (QED) is 0.883. The number of nitrogens with zero attached hydrogens (tertiary/aromatic N) is 1. The number of aryl methyl sites for hydroxylation is 2. The standard InChI is InChI=1S/C13H18N2O3S/c1-7-11(19-8(2)15-7)6-14-12(16)9-3-4-10(5-9)13(17)18/h9-10H,3-6H2,1-2H3,(H,14,16)(H,17,18)/t9-,10+/m1/s1. The fraction of sp³-hybridized carbons (Fsp3) is 0.615. The maximum Gasteiger partial charge on any atom is 0.306 e. The van der Waals surface area contributed by atoms with Crippen LogP contribution in [0.5, 0.6) is 0 Å². The van der Waals surface area contributed by atoms with Crippen molar-refractivity contribution in [1.29, 1.82) is 0 Å². The minimum Gasteiger partial charge on any atom is -0.481 e. The van der Waals surface area contributed by atoms with Gasteiger partial charge in [0.25, 0.3) is 0 Å². The van der Waals surface area contributed by atoms with Crippen LogP contribution in [0.15, 0.2) is 0 Å². The Balaban J connectivity index is 1.85. The predicted octanol–water partition coefficient (Wildman–Crippen LogP) is 1.88. The Morgan fingerprint density at radius 1 is 1.37 bits per heavy atom. The van der Waals surface area contributed by atoms with Gasteiger partial charge < -0.3 is 10.4 Å². The monoisotopic (exact) mass is 282 g/mol. The zero-order valence-corrected chi connectivity index (χ0v) is 11.9. The molecule has 0 bridgehead atoms. The summed E-state index contributed by atoms with van der Waals surface area (Å²) in [6.45, 7) is 4.36. The molecule has 0 aliphatic heterocycles. The molecule has 1 aliphatic rings. The Bertz CT molecular complexity index is 498. The third-order valence-electron chi connectivity index (χ3n) is 3.58. The largest absolute Gasteiger partial charge is 0.481 e. The van der Waals surface area contributed by atoms with Gasteiger partial charge in [-0.25, -0.2) is 4.98 Å². The van der Waals surface area contributed by atoms with E-state index in [2.05, 4.69) is 10.3 Å². The first-order chi connectivity index (χ1) is 8.97. The Labute approximate surface area is 116 Å². The summed E-state index contributed by atoms with van der Waals surface area (Å²) in [7, 11) is 0.